The Morgan fingerprint density at radius 1 is 0.864 bits per heavy atom. The largest absolute Gasteiger partial charge is 0.455 e. The zero-order chi connectivity index (χ0) is 31.7. The van der Waals surface area contributed by atoms with Gasteiger partial charge in [-0.1, -0.05) is 84.9 Å². The lowest BCUT2D eigenvalue weighted by molar-refractivity contribution is -0.154. The number of nitrogens with zero attached hydrogens (tertiary/aromatic N) is 1. The highest BCUT2D eigenvalue weighted by atomic mass is 19.1. The van der Waals surface area contributed by atoms with Crippen LogP contribution in [0, 0.1) is 17.7 Å². The van der Waals surface area contributed by atoms with Crippen molar-refractivity contribution in [3.63, 3.8) is 0 Å². The quantitative estimate of drug-likeness (QED) is 0.147. The maximum atomic E-state index is 13.4. The molecule has 0 aromatic heterocycles. The Kier molecular flexibility index (Phi) is 14.0. The van der Waals surface area contributed by atoms with Gasteiger partial charge in [0, 0.05) is 19.5 Å². The Hall–Kier alpha value is -4.56. The lowest BCUT2D eigenvalue weighted by Gasteiger charge is -2.25. The van der Waals surface area contributed by atoms with Gasteiger partial charge >= 0.3 is 5.97 Å². The average Bonchev–Trinajstić information content (AvgIpc) is 3.04. The molecule has 0 bridgehead atoms. The van der Waals surface area contributed by atoms with Crippen LogP contribution >= 0.6 is 0 Å². The molecule has 0 fully saturated rings. The Morgan fingerprint density at radius 3 is 2.09 bits per heavy atom. The van der Waals surface area contributed by atoms with Crippen molar-refractivity contribution >= 4 is 17.8 Å². The van der Waals surface area contributed by atoms with Gasteiger partial charge < -0.3 is 20.1 Å². The summed E-state index contributed by atoms with van der Waals surface area (Å²) in [6, 6.07) is 24.5. The molecular weight excluding hydrogens is 559 g/mol. The summed E-state index contributed by atoms with van der Waals surface area (Å²) >= 11 is 0. The first-order valence-electron chi connectivity index (χ1n) is 14.8. The smallest absolute Gasteiger partial charge is 0.310 e. The summed E-state index contributed by atoms with van der Waals surface area (Å²) in [5, 5.41) is 12.4. The van der Waals surface area contributed by atoms with Crippen molar-refractivity contribution in [2.75, 3.05) is 19.7 Å². The van der Waals surface area contributed by atoms with Gasteiger partial charge in [0.05, 0.1) is 25.0 Å². The summed E-state index contributed by atoms with van der Waals surface area (Å²) in [6.07, 6.45) is 3.36. The summed E-state index contributed by atoms with van der Waals surface area (Å²) in [5.41, 5.74) is 2.41. The molecule has 0 aliphatic heterocycles. The van der Waals surface area contributed by atoms with E-state index in [0.29, 0.717) is 24.9 Å². The SMILES string of the molecule is C=CC[C@H](CC(=O)N(CCO)Cc1ccccc1)C(=O)NC[C@H](OC(=O)[C@@H](CC=C)Cc1ccc(F)cc1)c1ccccc1. The molecule has 0 radical (unpaired) electrons. The van der Waals surface area contributed by atoms with E-state index in [9.17, 15) is 23.9 Å². The predicted octanol–water partition coefficient (Wildman–Crippen LogP) is 5.56. The Morgan fingerprint density at radius 2 is 1.48 bits per heavy atom. The van der Waals surface area contributed by atoms with Crippen molar-refractivity contribution in [1.29, 1.82) is 0 Å². The van der Waals surface area contributed by atoms with Crippen LogP contribution in [0.5, 0.6) is 0 Å². The van der Waals surface area contributed by atoms with E-state index in [0.717, 1.165) is 11.1 Å². The number of ether oxygens (including phenoxy) is 1. The molecule has 0 aliphatic carbocycles. The maximum Gasteiger partial charge on any atom is 0.310 e. The van der Waals surface area contributed by atoms with E-state index >= 15 is 0 Å². The molecule has 44 heavy (non-hydrogen) atoms. The number of carbonyl (C=O) groups is 3. The minimum Gasteiger partial charge on any atom is -0.455 e. The second kappa shape index (κ2) is 18.2. The lowest BCUT2D eigenvalue weighted by Crippen LogP contribution is -2.39. The molecule has 0 saturated carbocycles. The number of esters is 1. The van der Waals surface area contributed by atoms with Crippen LogP contribution in [-0.2, 0) is 32.1 Å². The molecule has 2 N–H and O–H groups in total. The van der Waals surface area contributed by atoms with E-state index in [1.807, 2.05) is 60.7 Å². The Balaban J connectivity index is 1.70. The summed E-state index contributed by atoms with van der Waals surface area (Å²) in [7, 11) is 0. The van der Waals surface area contributed by atoms with Crippen molar-refractivity contribution in [2.45, 2.75) is 38.3 Å². The molecule has 3 aromatic carbocycles. The molecule has 2 amide bonds. The van der Waals surface area contributed by atoms with E-state index in [4.69, 9.17) is 4.74 Å². The zero-order valence-corrected chi connectivity index (χ0v) is 24.9. The van der Waals surface area contributed by atoms with E-state index in [-0.39, 0.29) is 50.2 Å². The molecule has 0 unspecified atom stereocenters. The fraction of sp³-hybridized carbons (Fsp3) is 0.306. The minimum atomic E-state index is -0.780. The molecule has 8 heteroatoms. The molecule has 0 saturated heterocycles. The van der Waals surface area contributed by atoms with Gasteiger partial charge in [0.25, 0.3) is 0 Å². The lowest BCUT2D eigenvalue weighted by atomic mass is 9.96. The van der Waals surface area contributed by atoms with Gasteiger partial charge in [-0.15, -0.1) is 13.2 Å². The zero-order valence-electron chi connectivity index (χ0n) is 24.9. The van der Waals surface area contributed by atoms with Crippen LogP contribution in [-0.4, -0.2) is 47.5 Å². The first kappa shape index (κ1) is 33.9. The second-order valence-corrected chi connectivity index (χ2v) is 10.6. The van der Waals surface area contributed by atoms with Crippen LogP contribution < -0.4 is 5.32 Å². The molecule has 0 heterocycles. The summed E-state index contributed by atoms with van der Waals surface area (Å²) in [6.45, 7) is 7.78. The first-order chi connectivity index (χ1) is 21.3. The van der Waals surface area contributed by atoms with E-state index < -0.39 is 23.9 Å². The number of hydrogen-bond donors (Lipinski definition) is 2. The summed E-state index contributed by atoms with van der Waals surface area (Å²) in [5.74, 6) is -2.69. The van der Waals surface area contributed by atoms with Gasteiger partial charge in [-0.3, -0.25) is 14.4 Å². The van der Waals surface area contributed by atoms with Crippen LogP contribution in [0.1, 0.15) is 42.1 Å². The highest BCUT2D eigenvalue weighted by Gasteiger charge is 2.28. The molecule has 0 spiro atoms. The Labute approximate surface area is 259 Å². The number of nitrogens with one attached hydrogen (secondary N) is 1. The molecule has 7 nitrogen and oxygen atoms in total. The molecule has 232 valence electrons. The van der Waals surface area contributed by atoms with Gasteiger partial charge in [-0.25, -0.2) is 4.39 Å². The van der Waals surface area contributed by atoms with E-state index in [1.165, 1.54) is 17.0 Å². The van der Waals surface area contributed by atoms with Crippen LogP contribution in [0.15, 0.2) is 110 Å². The third-order valence-corrected chi connectivity index (χ3v) is 7.25. The molecule has 3 atom stereocenters. The number of benzene rings is 3. The van der Waals surface area contributed by atoms with Crippen LogP contribution in [0.4, 0.5) is 4.39 Å². The van der Waals surface area contributed by atoms with Crippen LogP contribution in [0.2, 0.25) is 0 Å². The maximum absolute atomic E-state index is 13.4. The van der Waals surface area contributed by atoms with Gasteiger partial charge in [-0.2, -0.15) is 0 Å². The number of aliphatic hydroxyl groups excluding tert-OH is 1. The van der Waals surface area contributed by atoms with Gasteiger partial charge in [0.2, 0.25) is 11.8 Å². The van der Waals surface area contributed by atoms with Crippen molar-refractivity contribution in [3.05, 3.63) is 133 Å². The standard InChI is InChI=1S/C36H41FN2O5/c1-3-11-30(24-34(41)39(21-22-40)26-28-13-7-5-8-14-28)35(42)38-25-33(29-15-9-6-10-16-29)44-36(43)31(12-4-2)23-27-17-19-32(37)20-18-27/h3-10,13-20,30-31,33,40H,1-2,11-12,21-26H2,(H,38,42)/t30-,31+,33+/m1/s1. The van der Waals surface area contributed by atoms with E-state index in [1.54, 1.807) is 24.3 Å². The third kappa shape index (κ3) is 10.9. The highest BCUT2D eigenvalue weighted by Crippen LogP contribution is 2.23. The normalized spacial score (nSPS) is 12.8. The van der Waals surface area contributed by atoms with Crippen molar-refractivity contribution in [2.24, 2.45) is 11.8 Å². The molecular formula is C36H41FN2O5. The van der Waals surface area contributed by atoms with Crippen molar-refractivity contribution in [1.82, 2.24) is 10.2 Å². The van der Waals surface area contributed by atoms with Crippen molar-refractivity contribution in [3.8, 4) is 0 Å². The summed E-state index contributed by atoms with van der Waals surface area (Å²) in [4.78, 5) is 41.5. The molecule has 3 rings (SSSR count). The number of allylic oxidation sites excluding steroid dienone is 2. The van der Waals surface area contributed by atoms with Crippen LogP contribution in [0.3, 0.4) is 0 Å². The third-order valence-electron chi connectivity index (χ3n) is 7.25. The highest BCUT2D eigenvalue weighted by molar-refractivity contribution is 5.86. The number of amides is 2. The monoisotopic (exact) mass is 600 g/mol. The Bertz CT molecular complexity index is 1350. The number of carbonyl (C=O) groups excluding carboxylic acids is 3. The van der Waals surface area contributed by atoms with Gasteiger partial charge in [0.15, 0.2) is 0 Å². The predicted molar refractivity (Wildman–Crippen MR) is 169 cm³/mol. The van der Waals surface area contributed by atoms with Crippen LogP contribution in [0.25, 0.3) is 0 Å². The molecule has 0 aliphatic rings. The van der Waals surface area contributed by atoms with Crippen molar-refractivity contribution < 1.29 is 28.6 Å². The number of hydrogen-bond acceptors (Lipinski definition) is 5. The average molecular weight is 601 g/mol. The fourth-order valence-corrected chi connectivity index (χ4v) is 4.88. The number of halogens is 1. The van der Waals surface area contributed by atoms with Gasteiger partial charge in [-0.05, 0) is 48.1 Å². The number of rotatable bonds is 18. The number of aliphatic hydroxyl groups is 1. The molecule has 3 aromatic rings. The minimum absolute atomic E-state index is 0.00184. The first-order valence-corrected chi connectivity index (χ1v) is 14.8. The summed E-state index contributed by atoms with van der Waals surface area (Å²) < 4.78 is 19.4. The fourth-order valence-electron chi connectivity index (χ4n) is 4.88. The van der Waals surface area contributed by atoms with Gasteiger partial charge in [0.1, 0.15) is 11.9 Å². The van der Waals surface area contributed by atoms with E-state index in [2.05, 4.69) is 18.5 Å². The topological polar surface area (TPSA) is 95.9 Å². The second-order valence-electron chi connectivity index (χ2n) is 10.6.